The number of aryl methyl sites for hydroxylation is 1. The molecule has 0 amide bonds. The van der Waals surface area contributed by atoms with Crippen LogP contribution in [0.5, 0.6) is 0 Å². The zero-order chi connectivity index (χ0) is 14.0. The molecule has 2 unspecified atom stereocenters. The molecule has 0 radical (unpaired) electrons. The van der Waals surface area contributed by atoms with Crippen molar-refractivity contribution in [2.75, 3.05) is 18.0 Å². The third kappa shape index (κ3) is 3.08. The summed E-state index contributed by atoms with van der Waals surface area (Å²) in [5.74, 6) is 0.405. The highest BCUT2D eigenvalue weighted by atomic mass is 19.1. The number of benzene rings is 1. The van der Waals surface area contributed by atoms with E-state index in [-0.39, 0.29) is 5.82 Å². The summed E-state index contributed by atoms with van der Waals surface area (Å²) in [4.78, 5) is 2.40. The predicted octanol–water partition coefficient (Wildman–Crippen LogP) is 3.35. The van der Waals surface area contributed by atoms with Gasteiger partial charge in [-0.3, -0.25) is 0 Å². The third-order valence-electron chi connectivity index (χ3n) is 4.18. The lowest BCUT2D eigenvalue weighted by Gasteiger charge is -2.44. The molecule has 2 nitrogen and oxygen atoms in total. The molecule has 3 heteroatoms. The van der Waals surface area contributed by atoms with Crippen molar-refractivity contribution < 1.29 is 4.39 Å². The van der Waals surface area contributed by atoms with Gasteiger partial charge in [-0.2, -0.15) is 0 Å². The maximum Gasteiger partial charge on any atom is 0.125 e. The molecule has 2 rings (SSSR count). The van der Waals surface area contributed by atoms with Crippen LogP contribution in [0.4, 0.5) is 10.1 Å². The first-order valence-electron chi connectivity index (χ1n) is 7.29. The molecule has 1 saturated heterocycles. The Balaban J connectivity index is 2.33. The molecule has 1 N–H and O–H groups in total. The van der Waals surface area contributed by atoms with Crippen molar-refractivity contribution in [1.29, 1.82) is 0 Å². The fourth-order valence-corrected chi connectivity index (χ4v) is 2.87. The Morgan fingerprint density at radius 2 is 2.16 bits per heavy atom. The van der Waals surface area contributed by atoms with E-state index in [1.165, 1.54) is 0 Å². The van der Waals surface area contributed by atoms with Crippen LogP contribution in [0.2, 0.25) is 0 Å². The van der Waals surface area contributed by atoms with Gasteiger partial charge in [0.15, 0.2) is 0 Å². The first kappa shape index (κ1) is 14.3. The van der Waals surface area contributed by atoms with Gasteiger partial charge in [0.25, 0.3) is 0 Å². The molecule has 0 aliphatic carbocycles. The van der Waals surface area contributed by atoms with Crippen LogP contribution in [0, 0.1) is 18.7 Å². The summed E-state index contributed by atoms with van der Waals surface area (Å²) in [5, 5.41) is 3.60. The van der Waals surface area contributed by atoms with Gasteiger partial charge in [-0.25, -0.2) is 4.39 Å². The van der Waals surface area contributed by atoms with Crippen molar-refractivity contribution in [3.63, 3.8) is 0 Å². The van der Waals surface area contributed by atoms with Gasteiger partial charge in [0, 0.05) is 30.9 Å². The van der Waals surface area contributed by atoms with Crippen LogP contribution in [-0.2, 0) is 0 Å². The normalized spacial score (nSPS) is 24.0. The third-order valence-corrected chi connectivity index (χ3v) is 4.18. The molecule has 0 aromatic heterocycles. The van der Waals surface area contributed by atoms with Crippen LogP contribution in [0.25, 0.3) is 0 Å². The van der Waals surface area contributed by atoms with E-state index in [9.17, 15) is 4.39 Å². The van der Waals surface area contributed by atoms with Gasteiger partial charge in [0.1, 0.15) is 5.82 Å². The van der Waals surface area contributed by atoms with Gasteiger partial charge in [-0.15, -0.1) is 0 Å². The van der Waals surface area contributed by atoms with E-state index in [1.54, 1.807) is 12.1 Å². The molecule has 1 aliphatic rings. The second-order valence-corrected chi connectivity index (χ2v) is 5.91. The van der Waals surface area contributed by atoms with E-state index in [4.69, 9.17) is 0 Å². The minimum atomic E-state index is -0.144. The Kier molecular flexibility index (Phi) is 4.46. The molecule has 19 heavy (non-hydrogen) atoms. The predicted molar refractivity (Wildman–Crippen MR) is 79.2 cm³/mol. The van der Waals surface area contributed by atoms with Crippen molar-refractivity contribution in [2.24, 2.45) is 5.92 Å². The minimum absolute atomic E-state index is 0.144. The highest BCUT2D eigenvalue weighted by Gasteiger charge is 2.30. The Hall–Kier alpha value is -1.09. The molecule has 1 aromatic rings. The van der Waals surface area contributed by atoms with Crippen LogP contribution in [0.15, 0.2) is 18.2 Å². The number of rotatable bonds is 3. The standard InChI is InChI=1S/C16H25FN2/c1-5-14-10-19(16(9-18-14)11(2)3)15-8-13(17)7-6-12(15)4/h6-8,11,14,16,18H,5,9-10H2,1-4H3. The van der Waals surface area contributed by atoms with Gasteiger partial charge in [-0.05, 0) is 37.0 Å². The van der Waals surface area contributed by atoms with Crippen LogP contribution in [-0.4, -0.2) is 25.2 Å². The summed E-state index contributed by atoms with van der Waals surface area (Å²) >= 11 is 0. The minimum Gasteiger partial charge on any atom is -0.365 e. The average molecular weight is 264 g/mol. The quantitative estimate of drug-likeness (QED) is 0.900. The number of nitrogens with one attached hydrogen (secondary N) is 1. The number of nitrogens with zero attached hydrogens (tertiary/aromatic N) is 1. The van der Waals surface area contributed by atoms with Gasteiger partial charge < -0.3 is 10.2 Å². The molecule has 0 spiro atoms. The van der Waals surface area contributed by atoms with Crippen LogP contribution in [0.1, 0.15) is 32.8 Å². The fraction of sp³-hybridized carbons (Fsp3) is 0.625. The van der Waals surface area contributed by atoms with Gasteiger partial charge in [0.05, 0.1) is 0 Å². The molecule has 1 aromatic carbocycles. The number of halogens is 1. The monoisotopic (exact) mass is 264 g/mol. The van der Waals surface area contributed by atoms with Crippen molar-refractivity contribution in [3.8, 4) is 0 Å². The highest BCUT2D eigenvalue weighted by molar-refractivity contribution is 5.55. The summed E-state index contributed by atoms with van der Waals surface area (Å²) in [6, 6.07) is 6.04. The molecule has 0 bridgehead atoms. The Bertz CT molecular complexity index is 431. The van der Waals surface area contributed by atoms with Crippen molar-refractivity contribution in [3.05, 3.63) is 29.6 Å². The van der Waals surface area contributed by atoms with E-state index < -0.39 is 0 Å². The van der Waals surface area contributed by atoms with E-state index in [0.717, 1.165) is 30.8 Å². The largest absolute Gasteiger partial charge is 0.365 e. The molecule has 0 saturated carbocycles. The molecule has 1 heterocycles. The molecule has 1 aliphatic heterocycles. The Morgan fingerprint density at radius 1 is 1.42 bits per heavy atom. The van der Waals surface area contributed by atoms with Gasteiger partial charge in [-0.1, -0.05) is 26.8 Å². The maximum absolute atomic E-state index is 13.6. The van der Waals surface area contributed by atoms with Gasteiger partial charge in [0.2, 0.25) is 0 Å². The van der Waals surface area contributed by atoms with Crippen molar-refractivity contribution in [2.45, 2.75) is 46.2 Å². The lowest BCUT2D eigenvalue weighted by molar-refractivity contribution is 0.333. The number of anilines is 1. The Morgan fingerprint density at radius 3 is 2.79 bits per heavy atom. The Labute approximate surface area is 116 Å². The summed E-state index contributed by atoms with van der Waals surface area (Å²) < 4.78 is 13.6. The first-order chi connectivity index (χ1) is 9.02. The van der Waals surface area contributed by atoms with Gasteiger partial charge >= 0.3 is 0 Å². The van der Waals surface area contributed by atoms with E-state index in [0.29, 0.717) is 18.0 Å². The van der Waals surface area contributed by atoms with Crippen molar-refractivity contribution >= 4 is 5.69 Å². The van der Waals surface area contributed by atoms with E-state index in [2.05, 4.69) is 37.9 Å². The SMILES string of the molecule is CCC1CN(c2cc(F)ccc2C)C(C(C)C)CN1. The molecular formula is C16H25FN2. The summed E-state index contributed by atoms with van der Waals surface area (Å²) in [7, 11) is 0. The van der Waals surface area contributed by atoms with E-state index >= 15 is 0 Å². The second kappa shape index (κ2) is 5.91. The lowest BCUT2D eigenvalue weighted by atomic mass is 9.96. The molecule has 2 atom stereocenters. The zero-order valence-electron chi connectivity index (χ0n) is 12.4. The van der Waals surface area contributed by atoms with Crippen LogP contribution >= 0.6 is 0 Å². The average Bonchev–Trinajstić information content (AvgIpc) is 2.40. The van der Waals surface area contributed by atoms with E-state index in [1.807, 2.05) is 6.07 Å². The first-order valence-corrected chi connectivity index (χ1v) is 7.29. The molecular weight excluding hydrogens is 239 g/mol. The van der Waals surface area contributed by atoms with Crippen LogP contribution < -0.4 is 10.2 Å². The number of piperazine rings is 1. The number of hydrogen-bond acceptors (Lipinski definition) is 2. The topological polar surface area (TPSA) is 15.3 Å². The summed E-state index contributed by atoms with van der Waals surface area (Å²) in [5.41, 5.74) is 2.21. The summed E-state index contributed by atoms with van der Waals surface area (Å²) in [6.07, 6.45) is 1.11. The second-order valence-electron chi connectivity index (χ2n) is 5.91. The lowest BCUT2D eigenvalue weighted by Crippen LogP contribution is -2.58. The number of hydrogen-bond donors (Lipinski definition) is 1. The zero-order valence-corrected chi connectivity index (χ0v) is 12.4. The summed E-state index contributed by atoms with van der Waals surface area (Å²) in [6.45, 7) is 10.7. The maximum atomic E-state index is 13.6. The highest BCUT2D eigenvalue weighted by Crippen LogP contribution is 2.28. The smallest absolute Gasteiger partial charge is 0.125 e. The van der Waals surface area contributed by atoms with Crippen LogP contribution in [0.3, 0.4) is 0 Å². The fourth-order valence-electron chi connectivity index (χ4n) is 2.87. The van der Waals surface area contributed by atoms with Crippen molar-refractivity contribution in [1.82, 2.24) is 5.32 Å². The molecule has 106 valence electrons. The molecule has 1 fully saturated rings.